The van der Waals surface area contributed by atoms with Crippen LogP contribution in [0.1, 0.15) is 21.5 Å². The summed E-state index contributed by atoms with van der Waals surface area (Å²) >= 11 is 6.83. The molecule has 4 heteroatoms. The van der Waals surface area contributed by atoms with Crippen LogP contribution in [0.2, 0.25) is 0 Å². The number of benzene rings is 2. The molecule has 0 spiro atoms. The van der Waals surface area contributed by atoms with E-state index in [4.69, 9.17) is 0 Å². The fourth-order valence-corrected chi connectivity index (χ4v) is 2.77. The number of hydrogen-bond donors (Lipinski definition) is 0. The van der Waals surface area contributed by atoms with Crippen LogP contribution in [0.4, 0.5) is 8.78 Å². The average molecular weight is 376 g/mol. The SMILES string of the molecule is Cc1cc(C(Br)c2cccc(Br)c2)c(F)cc1F. The van der Waals surface area contributed by atoms with Crippen LogP contribution in [0.15, 0.2) is 40.9 Å². The van der Waals surface area contributed by atoms with Gasteiger partial charge in [0.05, 0.1) is 4.83 Å². The molecule has 0 aromatic heterocycles. The maximum Gasteiger partial charge on any atom is 0.130 e. The van der Waals surface area contributed by atoms with Gasteiger partial charge in [-0.3, -0.25) is 0 Å². The molecule has 0 bridgehead atoms. The van der Waals surface area contributed by atoms with E-state index < -0.39 is 11.6 Å². The first-order chi connectivity index (χ1) is 8.49. The standard InChI is InChI=1S/C14H10Br2F2/c1-8-5-11(13(18)7-12(8)17)14(16)9-3-2-4-10(15)6-9/h2-7,14H,1H3. The van der Waals surface area contributed by atoms with Crippen molar-refractivity contribution >= 4 is 31.9 Å². The van der Waals surface area contributed by atoms with Crippen LogP contribution >= 0.6 is 31.9 Å². The first kappa shape index (κ1) is 13.7. The minimum absolute atomic E-state index is 0.297. The molecule has 94 valence electrons. The number of hydrogen-bond acceptors (Lipinski definition) is 0. The van der Waals surface area contributed by atoms with E-state index in [1.807, 2.05) is 24.3 Å². The first-order valence-corrected chi connectivity index (χ1v) is 7.05. The van der Waals surface area contributed by atoms with Gasteiger partial charge in [0.15, 0.2) is 0 Å². The second kappa shape index (κ2) is 5.49. The molecule has 0 heterocycles. The predicted octanol–water partition coefficient (Wildman–Crippen LogP) is 5.52. The Balaban J connectivity index is 2.46. The van der Waals surface area contributed by atoms with Crippen molar-refractivity contribution < 1.29 is 8.78 Å². The van der Waals surface area contributed by atoms with Gasteiger partial charge in [-0.05, 0) is 36.2 Å². The zero-order chi connectivity index (χ0) is 13.3. The summed E-state index contributed by atoms with van der Waals surface area (Å²) in [6, 6.07) is 10.0. The second-order valence-electron chi connectivity index (χ2n) is 4.04. The lowest BCUT2D eigenvalue weighted by Crippen LogP contribution is -1.99. The molecule has 2 aromatic rings. The van der Waals surface area contributed by atoms with Crippen molar-refractivity contribution in [1.82, 2.24) is 0 Å². The van der Waals surface area contributed by atoms with Crippen LogP contribution in [0, 0.1) is 18.6 Å². The molecule has 1 atom stereocenters. The predicted molar refractivity (Wildman–Crippen MR) is 76.0 cm³/mol. The van der Waals surface area contributed by atoms with Gasteiger partial charge in [-0.1, -0.05) is 44.0 Å². The fraction of sp³-hybridized carbons (Fsp3) is 0.143. The van der Waals surface area contributed by atoms with Crippen LogP contribution in [0.5, 0.6) is 0 Å². The smallest absolute Gasteiger partial charge is 0.130 e. The molecule has 0 aliphatic carbocycles. The summed E-state index contributed by atoms with van der Waals surface area (Å²) in [5.74, 6) is -1.06. The van der Waals surface area contributed by atoms with Gasteiger partial charge < -0.3 is 0 Å². The zero-order valence-electron chi connectivity index (χ0n) is 9.55. The van der Waals surface area contributed by atoms with Crippen LogP contribution < -0.4 is 0 Å². The van der Waals surface area contributed by atoms with Gasteiger partial charge in [0, 0.05) is 16.1 Å². The van der Waals surface area contributed by atoms with Crippen molar-refractivity contribution in [3.05, 3.63) is 69.2 Å². The van der Waals surface area contributed by atoms with Crippen molar-refractivity contribution in [2.24, 2.45) is 0 Å². The highest BCUT2D eigenvalue weighted by atomic mass is 79.9. The van der Waals surface area contributed by atoms with Crippen molar-refractivity contribution in [2.75, 3.05) is 0 Å². The van der Waals surface area contributed by atoms with Crippen molar-refractivity contribution in [3.63, 3.8) is 0 Å². The van der Waals surface area contributed by atoms with E-state index in [1.54, 1.807) is 6.92 Å². The summed E-state index contributed by atoms with van der Waals surface area (Å²) in [5.41, 5.74) is 1.78. The van der Waals surface area contributed by atoms with Crippen molar-refractivity contribution in [2.45, 2.75) is 11.8 Å². The maximum atomic E-state index is 13.8. The topological polar surface area (TPSA) is 0 Å². The third-order valence-electron chi connectivity index (χ3n) is 2.69. The molecule has 0 saturated heterocycles. The summed E-state index contributed by atoms with van der Waals surface area (Å²) in [6.07, 6.45) is 0. The Morgan fingerprint density at radius 1 is 1.06 bits per heavy atom. The van der Waals surface area contributed by atoms with Gasteiger partial charge in [-0.25, -0.2) is 8.78 Å². The molecule has 0 radical (unpaired) electrons. The lowest BCUT2D eigenvalue weighted by molar-refractivity contribution is 0.569. The lowest BCUT2D eigenvalue weighted by atomic mass is 10.0. The van der Waals surface area contributed by atoms with Crippen LogP contribution in [0.3, 0.4) is 0 Å². The number of halogens is 4. The third-order valence-corrected chi connectivity index (χ3v) is 4.21. The first-order valence-electron chi connectivity index (χ1n) is 5.34. The molecule has 0 aliphatic heterocycles. The van der Waals surface area contributed by atoms with Gasteiger partial charge in [0.2, 0.25) is 0 Å². The zero-order valence-corrected chi connectivity index (χ0v) is 12.7. The second-order valence-corrected chi connectivity index (χ2v) is 5.87. The molecule has 0 amide bonds. The Hall–Kier alpha value is -0.740. The van der Waals surface area contributed by atoms with E-state index in [0.29, 0.717) is 11.1 Å². The fourth-order valence-electron chi connectivity index (χ4n) is 1.72. The largest absolute Gasteiger partial charge is 0.207 e. The molecule has 2 aromatic carbocycles. The van der Waals surface area contributed by atoms with E-state index in [-0.39, 0.29) is 4.83 Å². The third kappa shape index (κ3) is 2.81. The summed E-state index contributed by atoms with van der Waals surface area (Å²) in [6.45, 7) is 1.62. The highest BCUT2D eigenvalue weighted by Crippen LogP contribution is 2.34. The number of rotatable bonds is 2. The van der Waals surface area contributed by atoms with Crippen molar-refractivity contribution in [1.29, 1.82) is 0 Å². The Bertz CT molecular complexity index is 582. The minimum Gasteiger partial charge on any atom is -0.207 e. The molecule has 0 nitrogen and oxygen atoms in total. The van der Waals surface area contributed by atoms with Gasteiger partial charge in [0.1, 0.15) is 11.6 Å². The van der Waals surface area contributed by atoms with Crippen LogP contribution in [-0.2, 0) is 0 Å². The van der Waals surface area contributed by atoms with Crippen LogP contribution in [-0.4, -0.2) is 0 Å². The van der Waals surface area contributed by atoms with Gasteiger partial charge in [-0.2, -0.15) is 0 Å². The lowest BCUT2D eigenvalue weighted by Gasteiger charge is -2.13. The van der Waals surface area contributed by atoms with Gasteiger partial charge in [0.25, 0.3) is 0 Å². The van der Waals surface area contributed by atoms with E-state index in [0.717, 1.165) is 16.1 Å². The average Bonchev–Trinajstić information content (AvgIpc) is 2.33. The van der Waals surface area contributed by atoms with Crippen LogP contribution in [0.25, 0.3) is 0 Å². The Morgan fingerprint density at radius 3 is 2.44 bits per heavy atom. The monoisotopic (exact) mass is 374 g/mol. The van der Waals surface area contributed by atoms with E-state index in [9.17, 15) is 8.78 Å². The Kier molecular flexibility index (Phi) is 4.17. The van der Waals surface area contributed by atoms with Gasteiger partial charge in [-0.15, -0.1) is 0 Å². The van der Waals surface area contributed by atoms with E-state index in [1.165, 1.54) is 6.07 Å². The highest BCUT2D eigenvalue weighted by molar-refractivity contribution is 9.10. The quantitative estimate of drug-likeness (QED) is 0.606. The maximum absolute atomic E-state index is 13.8. The molecular formula is C14H10Br2F2. The molecular weight excluding hydrogens is 366 g/mol. The Morgan fingerprint density at radius 2 is 1.78 bits per heavy atom. The number of alkyl halides is 1. The molecule has 1 unspecified atom stereocenters. The normalized spacial score (nSPS) is 12.5. The molecule has 0 aliphatic rings. The summed E-state index contributed by atoms with van der Waals surface area (Å²) < 4.78 is 27.9. The number of aryl methyl sites for hydroxylation is 1. The summed E-state index contributed by atoms with van der Waals surface area (Å²) in [5, 5.41) is 0. The highest BCUT2D eigenvalue weighted by Gasteiger charge is 2.17. The van der Waals surface area contributed by atoms with Crippen molar-refractivity contribution in [3.8, 4) is 0 Å². The Labute approximate surface area is 121 Å². The van der Waals surface area contributed by atoms with E-state index >= 15 is 0 Å². The van der Waals surface area contributed by atoms with E-state index in [2.05, 4.69) is 31.9 Å². The summed E-state index contributed by atoms with van der Waals surface area (Å²) in [4.78, 5) is -0.297. The molecule has 0 fully saturated rings. The molecule has 0 saturated carbocycles. The molecule has 2 rings (SSSR count). The summed E-state index contributed by atoms with van der Waals surface area (Å²) in [7, 11) is 0. The molecule has 18 heavy (non-hydrogen) atoms. The van der Waals surface area contributed by atoms with Gasteiger partial charge >= 0.3 is 0 Å². The molecule has 0 N–H and O–H groups in total. The minimum atomic E-state index is -0.542.